The molecule has 2 rings (SSSR count). The van der Waals surface area contributed by atoms with E-state index in [-0.39, 0.29) is 11.9 Å². The molecule has 0 spiro atoms. The van der Waals surface area contributed by atoms with Crippen molar-refractivity contribution in [2.75, 3.05) is 0 Å². The minimum atomic E-state index is -0.0554. The minimum absolute atomic E-state index is 0.0554. The molecule has 0 unspecified atom stereocenters. The van der Waals surface area contributed by atoms with Crippen LogP contribution >= 0.6 is 22.9 Å². The third-order valence-corrected chi connectivity index (χ3v) is 5.03. The van der Waals surface area contributed by atoms with Crippen LogP contribution in [0.2, 0.25) is 5.02 Å². The summed E-state index contributed by atoms with van der Waals surface area (Å²) in [4.78, 5) is 12.9. The van der Waals surface area contributed by atoms with Crippen LogP contribution in [0, 0.1) is 0 Å². The van der Waals surface area contributed by atoms with Crippen LogP contribution in [0.25, 0.3) is 10.1 Å². The van der Waals surface area contributed by atoms with E-state index in [1.54, 1.807) is 0 Å². The molecule has 0 saturated heterocycles. The Labute approximate surface area is 129 Å². The first-order valence-electron chi connectivity index (χ1n) is 7.11. The summed E-state index contributed by atoms with van der Waals surface area (Å²) in [5.74, 6) is -0.0554. The van der Waals surface area contributed by atoms with E-state index < -0.39 is 0 Å². The second kappa shape index (κ2) is 7.09. The van der Waals surface area contributed by atoms with Crippen molar-refractivity contribution in [2.24, 2.45) is 0 Å². The Morgan fingerprint density at radius 3 is 2.80 bits per heavy atom. The van der Waals surface area contributed by atoms with Gasteiger partial charge in [-0.05, 0) is 19.4 Å². The zero-order chi connectivity index (χ0) is 14.5. The first kappa shape index (κ1) is 15.3. The van der Waals surface area contributed by atoms with Gasteiger partial charge in [-0.1, -0.05) is 56.0 Å². The maximum absolute atomic E-state index is 12.3. The highest BCUT2D eigenvalue weighted by atomic mass is 35.5. The van der Waals surface area contributed by atoms with E-state index in [2.05, 4.69) is 19.2 Å². The Morgan fingerprint density at radius 1 is 1.35 bits per heavy atom. The van der Waals surface area contributed by atoms with Crippen LogP contribution in [0.3, 0.4) is 0 Å². The van der Waals surface area contributed by atoms with Crippen LogP contribution in [0.1, 0.15) is 49.2 Å². The fourth-order valence-corrected chi connectivity index (χ4v) is 3.64. The summed E-state index contributed by atoms with van der Waals surface area (Å²) >= 11 is 7.77. The first-order valence-corrected chi connectivity index (χ1v) is 8.30. The van der Waals surface area contributed by atoms with Gasteiger partial charge in [0.25, 0.3) is 5.91 Å². The third-order valence-electron chi connectivity index (χ3n) is 3.36. The smallest absolute Gasteiger partial charge is 0.263 e. The van der Waals surface area contributed by atoms with Crippen LogP contribution in [-0.2, 0) is 0 Å². The average Bonchev–Trinajstić information content (AvgIpc) is 2.77. The fourth-order valence-electron chi connectivity index (χ4n) is 2.22. The second-order valence-electron chi connectivity index (χ2n) is 5.11. The number of nitrogens with one attached hydrogen (secondary N) is 1. The summed E-state index contributed by atoms with van der Waals surface area (Å²) in [5, 5.41) is 4.58. The van der Waals surface area contributed by atoms with Gasteiger partial charge in [-0.25, -0.2) is 0 Å². The van der Waals surface area contributed by atoms with Gasteiger partial charge in [0, 0.05) is 16.1 Å². The number of hydrogen-bond donors (Lipinski definition) is 1. The van der Waals surface area contributed by atoms with Crippen molar-refractivity contribution in [3.05, 3.63) is 34.2 Å². The molecule has 1 atom stereocenters. The standard InChI is InChI=1S/C16H20ClNOS/c1-3-4-5-8-11(2)18-16(19)15-14(17)12-9-6-7-10-13(12)20-15/h6-7,9-11H,3-5,8H2,1-2H3,(H,18,19)/t11-/m0/s1. The van der Waals surface area contributed by atoms with Crippen LogP contribution in [0.4, 0.5) is 0 Å². The number of carbonyl (C=O) groups is 1. The van der Waals surface area contributed by atoms with Gasteiger partial charge < -0.3 is 5.32 Å². The molecule has 0 fully saturated rings. The molecule has 1 N–H and O–H groups in total. The van der Waals surface area contributed by atoms with E-state index in [9.17, 15) is 4.79 Å². The molecule has 4 heteroatoms. The molecule has 0 aliphatic rings. The summed E-state index contributed by atoms with van der Waals surface area (Å²) < 4.78 is 1.06. The largest absolute Gasteiger partial charge is 0.349 e. The minimum Gasteiger partial charge on any atom is -0.349 e. The van der Waals surface area contributed by atoms with Crippen molar-refractivity contribution in [1.29, 1.82) is 0 Å². The summed E-state index contributed by atoms with van der Waals surface area (Å²) in [6.45, 7) is 4.23. The monoisotopic (exact) mass is 309 g/mol. The molecule has 20 heavy (non-hydrogen) atoms. The first-order chi connectivity index (χ1) is 9.63. The zero-order valence-corrected chi connectivity index (χ0v) is 13.5. The molecule has 2 aromatic rings. The van der Waals surface area contributed by atoms with Gasteiger partial charge in [-0.3, -0.25) is 4.79 Å². The summed E-state index contributed by atoms with van der Waals surface area (Å²) in [6.07, 6.45) is 4.58. The molecular formula is C16H20ClNOS. The quantitative estimate of drug-likeness (QED) is 0.725. The molecule has 0 aliphatic heterocycles. The third kappa shape index (κ3) is 3.53. The number of thiophene rings is 1. The van der Waals surface area contributed by atoms with E-state index in [1.807, 2.05) is 24.3 Å². The van der Waals surface area contributed by atoms with E-state index in [1.165, 1.54) is 24.2 Å². The van der Waals surface area contributed by atoms with E-state index in [0.717, 1.165) is 22.9 Å². The average molecular weight is 310 g/mol. The number of rotatable bonds is 6. The number of unbranched alkanes of at least 4 members (excludes halogenated alkanes) is 2. The lowest BCUT2D eigenvalue weighted by atomic mass is 10.1. The van der Waals surface area contributed by atoms with E-state index in [4.69, 9.17) is 11.6 Å². The highest BCUT2D eigenvalue weighted by Crippen LogP contribution is 2.35. The molecule has 1 aromatic heterocycles. The molecule has 0 radical (unpaired) electrons. The number of hydrogen-bond acceptors (Lipinski definition) is 2. The molecule has 0 aliphatic carbocycles. The van der Waals surface area contributed by atoms with Crippen molar-refractivity contribution >= 4 is 38.9 Å². The summed E-state index contributed by atoms with van der Waals surface area (Å²) in [5.41, 5.74) is 0. The van der Waals surface area contributed by atoms with Crippen LogP contribution in [-0.4, -0.2) is 11.9 Å². The molecular weight excluding hydrogens is 290 g/mol. The molecule has 1 amide bonds. The molecule has 1 heterocycles. The maximum atomic E-state index is 12.3. The molecule has 2 nitrogen and oxygen atoms in total. The lowest BCUT2D eigenvalue weighted by molar-refractivity contribution is 0.0942. The SMILES string of the molecule is CCCCC[C@H](C)NC(=O)c1sc2ccccc2c1Cl. The maximum Gasteiger partial charge on any atom is 0.263 e. The number of amides is 1. The van der Waals surface area contributed by atoms with Gasteiger partial charge in [-0.2, -0.15) is 0 Å². The van der Waals surface area contributed by atoms with E-state index >= 15 is 0 Å². The van der Waals surface area contributed by atoms with Gasteiger partial charge in [0.15, 0.2) is 0 Å². The Balaban J connectivity index is 2.06. The van der Waals surface area contributed by atoms with Crippen LogP contribution in [0.5, 0.6) is 0 Å². The lowest BCUT2D eigenvalue weighted by Crippen LogP contribution is -2.32. The summed E-state index contributed by atoms with van der Waals surface area (Å²) in [6, 6.07) is 8.04. The molecule has 0 saturated carbocycles. The zero-order valence-electron chi connectivity index (χ0n) is 11.9. The fraction of sp³-hybridized carbons (Fsp3) is 0.438. The number of fused-ring (bicyclic) bond motifs is 1. The van der Waals surface area contributed by atoms with Crippen molar-refractivity contribution in [3.63, 3.8) is 0 Å². The Morgan fingerprint density at radius 2 is 2.10 bits per heavy atom. The van der Waals surface area contributed by atoms with Crippen LogP contribution < -0.4 is 5.32 Å². The number of benzene rings is 1. The molecule has 1 aromatic carbocycles. The van der Waals surface area contributed by atoms with Gasteiger partial charge in [0.05, 0.1) is 5.02 Å². The Bertz CT molecular complexity index is 593. The predicted molar refractivity (Wildman–Crippen MR) is 87.9 cm³/mol. The van der Waals surface area contributed by atoms with Crippen molar-refractivity contribution in [2.45, 2.75) is 45.6 Å². The van der Waals surface area contributed by atoms with Gasteiger partial charge in [0.2, 0.25) is 0 Å². The molecule has 108 valence electrons. The van der Waals surface area contributed by atoms with Gasteiger partial charge in [-0.15, -0.1) is 11.3 Å². The Kier molecular flexibility index (Phi) is 5.44. The number of halogens is 1. The second-order valence-corrected chi connectivity index (χ2v) is 6.54. The highest BCUT2D eigenvalue weighted by molar-refractivity contribution is 7.21. The van der Waals surface area contributed by atoms with Gasteiger partial charge >= 0.3 is 0 Å². The van der Waals surface area contributed by atoms with Crippen molar-refractivity contribution < 1.29 is 4.79 Å². The van der Waals surface area contributed by atoms with Crippen molar-refractivity contribution in [3.8, 4) is 0 Å². The Hall–Kier alpha value is -1.06. The van der Waals surface area contributed by atoms with E-state index in [0.29, 0.717) is 9.90 Å². The van der Waals surface area contributed by atoms with Gasteiger partial charge in [0.1, 0.15) is 4.88 Å². The normalized spacial score (nSPS) is 12.6. The molecule has 0 bridgehead atoms. The topological polar surface area (TPSA) is 29.1 Å². The number of carbonyl (C=O) groups excluding carboxylic acids is 1. The highest BCUT2D eigenvalue weighted by Gasteiger charge is 2.18. The van der Waals surface area contributed by atoms with Crippen molar-refractivity contribution in [1.82, 2.24) is 5.32 Å². The lowest BCUT2D eigenvalue weighted by Gasteiger charge is -2.12. The van der Waals surface area contributed by atoms with Crippen LogP contribution in [0.15, 0.2) is 24.3 Å². The predicted octanol–water partition coefficient (Wildman–Crippen LogP) is 5.25. The summed E-state index contributed by atoms with van der Waals surface area (Å²) in [7, 11) is 0.